The molecule has 2 aliphatic heterocycles. The van der Waals surface area contributed by atoms with E-state index in [1.165, 1.54) is 11.0 Å². The van der Waals surface area contributed by atoms with Gasteiger partial charge in [-0.15, -0.1) is 0 Å². The number of nitrogens with zero attached hydrogens (tertiary/aromatic N) is 3. The third-order valence-corrected chi connectivity index (χ3v) is 4.10. The van der Waals surface area contributed by atoms with Gasteiger partial charge in [0.05, 0.1) is 25.5 Å². The summed E-state index contributed by atoms with van der Waals surface area (Å²) in [7, 11) is 1.67. The van der Waals surface area contributed by atoms with Crippen molar-refractivity contribution >= 4 is 23.6 Å². The number of aliphatic hydroxyl groups excluding tert-OH is 1. The SMILES string of the molecule is CN1CN(c2ccc(N3C[C@H](CO)OC3C=O)cc2F)CC1=O. The van der Waals surface area contributed by atoms with Crippen molar-refractivity contribution in [1.82, 2.24) is 4.90 Å². The highest BCUT2D eigenvalue weighted by Gasteiger charge is 2.33. The van der Waals surface area contributed by atoms with Crippen molar-refractivity contribution < 1.29 is 23.8 Å². The Bertz CT molecular complexity index is 627. The number of ether oxygens (including phenoxy) is 1. The van der Waals surface area contributed by atoms with E-state index < -0.39 is 18.1 Å². The summed E-state index contributed by atoms with van der Waals surface area (Å²) >= 11 is 0. The van der Waals surface area contributed by atoms with Crippen LogP contribution in [0, 0.1) is 5.82 Å². The molecule has 124 valence electrons. The molecule has 1 unspecified atom stereocenters. The number of rotatable bonds is 4. The number of halogens is 1. The second-order valence-electron chi connectivity index (χ2n) is 5.69. The minimum atomic E-state index is -0.836. The molecular formula is C15H18FN3O4. The van der Waals surface area contributed by atoms with Crippen LogP contribution in [0.25, 0.3) is 0 Å². The Morgan fingerprint density at radius 3 is 2.83 bits per heavy atom. The summed E-state index contributed by atoms with van der Waals surface area (Å²) in [5.41, 5.74) is 0.839. The number of carbonyl (C=O) groups is 2. The third kappa shape index (κ3) is 2.87. The maximum absolute atomic E-state index is 14.4. The zero-order chi connectivity index (χ0) is 16.6. The molecule has 0 spiro atoms. The molecule has 1 amide bonds. The Hall–Kier alpha value is -2.19. The lowest BCUT2D eigenvalue weighted by atomic mass is 10.2. The van der Waals surface area contributed by atoms with Crippen molar-refractivity contribution in [2.75, 3.05) is 43.2 Å². The largest absolute Gasteiger partial charge is 0.394 e. The lowest BCUT2D eigenvalue weighted by Crippen LogP contribution is -2.31. The second kappa shape index (κ2) is 6.13. The molecule has 0 aliphatic carbocycles. The molecule has 2 aliphatic rings. The Morgan fingerprint density at radius 1 is 1.48 bits per heavy atom. The number of aliphatic hydroxyl groups is 1. The molecule has 0 aromatic heterocycles. The Kier molecular flexibility index (Phi) is 4.18. The summed E-state index contributed by atoms with van der Waals surface area (Å²) in [4.78, 5) is 27.4. The van der Waals surface area contributed by atoms with E-state index in [9.17, 15) is 14.0 Å². The minimum absolute atomic E-state index is 0.0618. The van der Waals surface area contributed by atoms with Crippen LogP contribution >= 0.6 is 0 Å². The molecule has 0 bridgehead atoms. The van der Waals surface area contributed by atoms with Gasteiger partial charge in [-0.2, -0.15) is 0 Å². The molecule has 2 heterocycles. The van der Waals surface area contributed by atoms with E-state index in [2.05, 4.69) is 0 Å². The average molecular weight is 323 g/mol. The smallest absolute Gasteiger partial charge is 0.243 e. The first-order valence-electron chi connectivity index (χ1n) is 7.30. The summed E-state index contributed by atoms with van der Waals surface area (Å²) in [6.45, 7) is 0.585. The van der Waals surface area contributed by atoms with Crippen molar-refractivity contribution in [2.45, 2.75) is 12.3 Å². The Morgan fingerprint density at radius 2 is 2.26 bits per heavy atom. The van der Waals surface area contributed by atoms with E-state index in [4.69, 9.17) is 9.84 Å². The van der Waals surface area contributed by atoms with Crippen LogP contribution in [0.5, 0.6) is 0 Å². The zero-order valence-corrected chi connectivity index (χ0v) is 12.7. The van der Waals surface area contributed by atoms with E-state index in [1.54, 1.807) is 29.0 Å². The van der Waals surface area contributed by atoms with E-state index in [-0.39, 0.29) is 19.1 Å². The molecule has 0 saturated carbocycles. The average Bonchev–Trinajstić information content (AvgIpc) is 3.10. The van der Waals surface area contributed by atoms with Crippen molar-refractivity contribution in [3.8, 4) is 0 Å². The number of hydrogen-bond acceptors (Lipinski definition) is 6. The van der Waals surface area contributed by atoms with Gasteiger partial charge in [0.25, 0.3) is 0 Å². The lowest BCUT2D eigenvalue weighted by Gasteiger charge is -2.23. The van der Waals surface area contributed by atoms with E-state index in [1.807, 2.05) is 0 Å². The molecule has 2 saturated heterocycles. The van der Waals surface area contributed by atoms with Gasteiger partial charge in [0.1, 0.15) is 11.9 Å². The van der Waals surface area contributed by atoms with Crippen LogP contribution in [0.1, 0.15) is 0 Å². The van der Waals surface area contributed by atoms with Gasteiger partial charge in [0.2, 0.25) is 5.91 Å². The molecule has 8 heteroatoms. The molecule has 0 radical (unpaired) electrons. The molecule has 7 nitrogen and oxygen atoms in total. The van der Waals surface area contributed by atoms with Crippen LogP contribution in [0.4, 0.5) is 15.8 Å². The van der Waals surface area contributed by atoms with Gasteiger partial charge >= 0.3 is 0 Å². The van der Waals surface area contributed by atoms with Gasteiger partial charge in [-0.1, -0.05) is 0 Å². The maximum Gasteiger partial charge on any atom is 0.243 e. The van der Waals surface area contributed by atoms with Crippen molar-refractivity contribution in [3.63, 3.8) is 0 Å². The van der Waals surface area contributed by atoms with Gasteiger partial charge in [0.15, 0.2) is 12.5 Å². The van der Waals surface area contributed by atoms with Crippen LogP contribution < -0.4 is 9.80 Å². The first kappa shape index (κ1) is 15.7. The topological polar surface area (TPSA) is 73.3 Å². The van der Waals surface area contributed by atoms with Gasteiger partial charge in [-0.3, -0.25) is 9.59 Å². The molecule has 2 atom stereocenters. The van der Waals surface area contributed by atoms with Gasteiger partial charge < -0.3 is 24.5 Å². The summed E-state index contributed by atoms with van der Waals surface area (Å²) in [6.07, 6.45) is -0.690. The molecule has 2 fully saturated rings. The quantitative estimate of drug-likeness (QED) is 0.773. The molecule has 1 aromatic carbocycles. The molecule has 3 rings (SSSR count). The summed E-state index contributed by atoms with van der Waals surface area (Å²) in [5, 5.41) is 9.15. The first-order chi connectivity index (χ1) is 11.0. The number of amides is 1. The zero-order valence-electron chi connectivity index (χ0n) is 12.7. The van der Waals surface area contributed by atoms with E-state index >= 15 is 0 Å². The molecule has 23 heavy (non-hydrogen) atoms. The number of carbonyl (C=O) groups excluding carboxylic acids is 2. The van der Waals surface area contributed by atoms with E-state index in [0.717, 1.165) is 0 Å². The minimum Gasteiger partial charge on any atom is -0.394 e. The van der Waals surface area contributed by atoms with Gasteiger partial charge in [-0.05, 0) is 18.2 Å². The predicted octanol–water partition coefficient (Wildman–Crippen LogP) is -0.216. The summed E-state index contributed by atoms with van der Waals surface area (Å²) in [6, 6.07) is 4.59. The number of benzene rings is 1. The van der Waals surface area contributed by atoms with Gasteiger partial charge in [-0.25, -0.2) is 4.39 Å². The van der Waals surface area contributed by atoms with Crippen LogP contribution in [-0.4, -0.2) is 67.9 Å². The Balaban J connectivity index is 1.82. The monoisotopic (exact) mass is 323 g/mol. The highest BCUT2D eigenvalue weighted by Crippen LogP contribution is 2.30. The lowest BCUT2D eigenvalue weighted by molar-refractivity contribution is -0.125. The standard InChI is InChI=1S/C15H18FN3O4/c1-17-9-18(6-14(17)22)13-3-2-10(4-12(13)16)19-5-11(7-20)23-15(19)8-21/h2-4,8,11,15,20H,5-7,9H2,1H3/t11-,15?/m1/s1. The number of aldehydes is 1. The highest BCUT2D eigenvalue weighted by atomic mass is 19.1. The van der Waals surface area contributed by atoms with E-state index in [0.29, 0.717) is 30.9 Å². The maximum atomic E-state index is 14.4. The third-order valence-electron chi connectivity index (χ3n) is 4.10. The van der Waals surface area contributed by atoms with Crippen LogP contribution in [0.15, 0.2) is 18.2 Å². The van der Waals surface area contributed by atoms with Crippen LogP contribution in [0.3, 0.4) is 0 Å². The number of likely N-dealkylation sites (N-methyl/N-ethyl adjacent to an activating group) is 1. The van der Waals surface area contributed by atoms with Crippen molar-refractivity contribution in [1.29, 1.82) is 0 Å². The number of hydrogen-bond donors (Lipinski definition) is 1. The second-order valence-corrected chi connectivity index (χ2v) is 5.69. The van der Waals surface area contributed by atoms with Gasteiger partial charge in [0, 0.05) is 19.3 Å². The summed E-state index contributed by atoms with van der Waals surface area (Å²) < 4.78 is 19.8. The molecular weight excluding hydrogens is 305 g/mol. The molecule has 1 aromatic rings. The summed E-state index contributed by atoms with van der Waals surface area (Å²) in [5.74, 6) is -0.532. The fourth-order valence-corrected chi connectivity index (χ4v) is 2.86. The van der Waals surface area contributed by atoms with Crippen molar-refractivity contribution in [2.24, 2.45) is 0 Å². The first-order valence-corrected chi connectivity index (χ1v) is 7.30. The van der Waals surface area contributed by atoms with Crippen LogP contribution in [0.2, 0.25) is 0 Å². The van der Waals surface area contributed by atoms with Crippen molar-refractivity contribution in [3.05, 3.63) is 24.0 Å². The number of anilines is 2. The van der Waals surface area contributed by atoms with Crippen LogP contribution in [-0.2, 0) is 14.3 Å². The Labute approximate surface area is 132 Å². The normalized spacial score (nSPS) is 24.7. The fourth-order valence-electron chi connectivity index (χ4n) is 2.86. The fraction of sp³-hybridized carbons (Fsp3) is 0.467. The highest BCUT2D eigenvalue weighted by molar-refractivity contribution is 5.84. The predicted molar refractivity (Wildman–Crippen MR) is 80.5 cm³/mol. The molecule has 1 N–H and O–H groups in total.